The Balaban J connectivity index is 1.89. The van der Waals surface area contributed by atoms with Gasteiger partial charge in [-0.15, -0.1) is 0 Å². The summed E-state index contributed by atoms with van der Waals surface area (Å²) in [4.78, 5) is 4.09. The van der Waals surface area contributed by atoms with Crippen LogP contribution in [0.25, 0.3) is 0 Å². The number of halogens is 4. The minimum Gasteiger partial charge on any atom is -0.367 e. The lowest BCUT2D eigenvalue weighted by Gasteiger charge is -2.30. The molecule has 1 unspecified atom stereocenters. The van der Waals surface area contributed by atoms with Crippen LogP contribution in [0.5, 0.6) is 0 Å². The lowest BCUT2D eigenvalue weighted by molar-refractivity contribution is -0.168. The quantitative estimate of drug-likeness (QED) is 0.816. The molecule has 1 atom stereocenters. The molecule has 1 N–H and O–H groups in total. The molecular formula is C12H17F4N3O2. The molecule has 21 heavy (non-hydrogen) atoms. The van der Waals surface area contributed by atoms with Crippen LogP contribution in [0.15, 0.2) is 4.52 Å². The molecular weight excluding hydrogens is 294 g/mol. The third-order valence-electron chi connectivity index (χ3n) is 3.43. The molecule has 5 nitrogen and oxygen atoms in total. The molecule has 1 aromatic heterocycles. The fourth-order valence-electron chi connectivity index (χ4n) is 2.14. The van der Waals surface area contributed by atoms with Crippen molar-refractivity contribution < 1.29 is 26.8 Å². The number of rotatable bonds is 6. The molecule has 0 amide bonds. The number of nitrogens with one attached hydrogen (secondary N) is 1. The molecule has 1 fully saturated rings. The average Bonchev–Trinajstić information content (AvgIpc) is 2.89. The summed E-state index contributed by atoms with van der Waals surface area (Å²) in [6.45, 7) is 1.78. The van der Waals surface area contributed by atoms with E-state index >= 15 is 0 Å². The number of ether oxygens (including phenoxy) is 1. The highest BCUT2D eigenvalue weighted by Gasteiger charge is 2.41. The van der Waals surface area contributed by atoms with Gasteiger partial charge >= 0.3 is 12.3 Å². The summed E-state index contributed by atoms with van der Waals surface area (Å²) in [5.41, 5.74) is -0.309. The summed E-state index contributed by atoms with van der Waals surface area (Å²) in [6, 6.07) is 0. The van der Waals surface area contributed by atoms with Gasteiger partial charge in [-0.2, -0.15) is 13.8 Å². The predicted octanol–water partition coefficient (Wildman–Crippen LogP) is 2.13. The maximum absolute atomic E-state index is 12.7. The minimum atomic E-state index is -4.17. The van der Waals surface area contributed by atoms with Crippen LogP contribution in [0.1, 0.15) is 31.5 Å². The molecule has 0 saturated carbocycles. The summed E-state index contributed by atoms with van der Waals surface area (Å²) in [5.74, 6) is -3.71. The van der Waals surface area contributed by atoms with Gasteiger partial charge in [0.25, 0.3) is 0 Å². The van der Waals surface area contributed by atoms with Crippen molar-refractivity contribution in [2.75, 3.05) is 19.7 Å². The van der Waals surface area contributed by atoms with Crippen molar-refractivity contribution in [3.63, 3.8) is 0 Å². The Kier molecular flexibility index (Phi) is 4.82. The van der Waals surface area contributed by atoms with E-state index in [1.165, 1.54) is 0 Å². The monoisotopic (exact) mass is 311 g/mol. The van der Waals surface area contributed by atoms with E-state index < -0.39 is 25.6 Å². The van der Waals surface area contributed by atoms with Crippen molar-refractivity contribution in [2.24, 2.45) is 0 Å². The molecule has 9 heteroatoms. The van der Waals surface area contributed by atoms with Crippen LogP contribution in [-0.2, 0) is 16.8 Å². The van der Waals surface area contributed by atoms with Gasteiger partial charge in [0.15, 0.2) is 5.82 Å². The Hall–Kier alpha value is -1.22. The number of alkyl halides is 4. The zero-order valence-corrected chi connectivity index (χ0v) is 11.5. The maximum Gasteiger partial charge on any atom is 0.330 e. The van der Waals surface area contributed by atoms with E-state index in [2.05, 4.69) is 20.2 Å². The molecule has 0 spiro atoms. The average molecular weight is 311 g/mol. The second-order valence-electron chi connectivity index (χ2n) is 5.41. The first-order valence-electron chi connectivity index (χ1n) is 6.61. The van der Waals surface area contributed by atoms with Crippen molar-refractivity contribution in [1.82, 2.24) is 15.5 Å². The Morgan fingerprint density at radius 2 is 2.24 bits per heavy atom. The lowest BCUT2D eigenvalue weighted by Crippen LogP contribution is -2.41. The van der Waals surface area contributed by atoms with Crippen LogP contribution >= 0.6 is 0 Å². The van der Waals surface area contributed by atoms with Crippen LogP contribution in [0.2, 0.25) is 0 Å². The molecule has 1 aliphatic heterocycles. The van der Waals surface area contributed by atoms with Crippen LogP contribution in [-0.4, -0.2) is 42.2 Å². The molecule has 2 rings (SSSR count). The highest BCUT2D eigenvalue weighted by atomic mass is 19.3. The number of nitrogens with zero attached hydrogens (tertiary/aromatic N) is 2. The number of hydrogen-bond donors (Lipinski definition) is 1. The van der Waals surface area contributed by atoms with Crippen molar-refractivity contribution >= 4 is 0 Å². The van der Waals surface area contributed by atoms with Crippen molar-refractivity contribution in [3.8, 4) is 0 Å². The lowest BCUT2D eigenvalue weighted by atomic mass is 9.83. The zero-order chi connectivity index (χ0) is 15.5. The van der Waals surface area contributed by atoms with E-state index in [0.717, 1.165) is 19.4 Å². The molecule has 120 valence electrons. The molecule has 0 radical (unpaired) electrons. The van der Waals surface area contributed by atoms with E-state index in [9.17, 15) is 17.6 Å². The minimum absolute atomic E-state index is 0.0712. The Morgan fingerprint density at radius 1 is 1.48 bits per heavy atom. The van der Waals surface area contributed by atoms with Crippen LogP contribution in [0.4, 0.5) is 17.6 Å². The van der Waals surface area contributed by atoms with Gasteiger partial charge < -0.3 is 14.6 Å². The van der Waals surface area contributed by atoms with E-state index in [1.807, 2.05) is 6.92 Å². The number of aromatic nitrogens is 2. The van der Waals surface area contributed by atoms with Gasteiger partial charge in [0, 0.05) is 6.54 Å². The van der Waals surface area contributed by atoms with Crippen LogP contribution in [0.3, 0.4) is 0 Å². The first-order valence-corrected chi connectivity index (χ1v) is 6.61. The summed E-state index contributed by atoms with van der Waals surface area (Å²) < 4.78 is 58.9. The molecule has 1 aliphatic rings. The van der Waals surface area contributed by atoms with Gasteiger partial charge in [-0.25, -0.2) is 8.78 Å². The maximum atomic E-state index is 12.7. The molecule has 2 heterocycles. The summed E-state index contributed by atoms with van der Waals surface area (Å²) in [5, 5.41) is 6.85. The van der Waals surface area contributed by atoms with Gasteiger partial charge in [-0.3, -0.25) is 0 Å². The first kappa shape index (κ1) is 16.2. The second kappa shape index (κ2) is 6.27. The summed E-state index contributed by atoms with van der Waals surface area (Å²) >= 11 is 0. The summed E-state index contributed by atoms with van der Waals surface area (Å²) in [7, 11) is 0. The second-order valence-corrected chi connectivity index (χ2v) is 5.41. The van der Waals surface area contributed by atoms with Gasteiger partial charge in [0.2, 0.25) is 5.89 Å². The summed E-state index contributed by atoms with van der Waals surface area (Å²) in [6.07, 6.45) is -1.93. The molecule has 0 bridgehead atoms. The Morgan fingerprint density at radius 3 is 2.86 bits per heavy atom. The highest BCUT2D eigenvalue weighted by Crippen LogP contribution is 2.29. The van der Waals surface area contributed by atoms with Gasteiger partial charge in [0.05, 0.1) is 5.41 Å². The number of hydrogen-bond acceptors (Lipinski definition) is 5. The van der Waals surface area contributed by atoms with Crippen LogP contribution in [0, 0.1) is 0 Å². The molecule has 1 saturated heterocycles. The van der Waals surface area contributed by atoms with Gasteiger partial charge in [-0.1, -0.05) is 5.16 Å². The predicted molar refractivity (Wildman–Crippen MR) is 64.4 cm³/mol. The Bertz CT molecular complexity index is 461. The largest absolute Gasteiger partial charge is 0.367 e. The SMILES string of the molecule is CC1(c2nc(COCC(F)(F)C(F)F)no2)CCCNC1. The van der Waals surface area contributed by atoms with Crippen molar-refractivity contribution in [3.05, 3.63) is 11.7 Å². The van der Waals surface area contributed by atoms with E-state index in [1.54, 1.807) is 0 Å². The number of piperidine rings is 1. The van der Waals surface area contributed by atoms with E-state index in [4.69, 9.17) is 4.52 Å². The first-order chi connectivity index (χ1) is 9.83. The molecule has 0 aromatic carbocycles. The van der Waals surface area contributed by atoms with Gasteiger partial charge in [0.1, 0.15) is 13.2 Å². The van der Waals surface area contributed by atoms with Crippen molar-refractivity contribution in [1.29, 1.82) is 0 Å². The third kappa shape index (κ3) is 3.91. The normalized spacial score (nSPS) is 23.7. The molecule has 0 aliphatic carbocycles. The van der Waals surface area contributed by atoms with Crippen LogP contribution < -0.4 is 5.32 Å². The standard InChI is InChI=1S/C12H17F4N3O2/c1-11(3-2-4-17-6-11)10-18-8(19-21-10)5-20-7-12(15,16)9(13)14/h9,17H,2-7H2,1H3. The fraction of sp³-hybridized carbons (Fsp3) is 0.833. The third-order valence-corrected chi connectivity index (χ3v) is 3.43. The van der Waals surface area contributed by atoms with Crippen molar-refractivity contribution in [2.45, 2.75) is 44.1 Å². The fourth-order valence-corrected chi connectivity index (χ4v) is 2.14. The Labute approximate surface area is 119 Å². The smallest absolute Gasteiger partial charge is 0.330 e. The van der Waals surface area contributed by atoms with Gasteiger partial charge in [-0.05, 0) is 26.3 Å². The topological polar surface area (TPSA) is 60.2 Å². The van der Waals surface area contributed by atoms with E-state index in [0.29, 0.717) is 12.4 Å². The zero-order valence-electron chi connectivity index (χ0n) is 11.5. The molecule has 1 aromatic rings. The highest BCUT2D eigenvalue weighted by molar-refractivity contribution is 5.05. The van der Waals surface area contributed by atoms with E-state index in [-0.39, 0.29) is 11.2 Å².